The summed E-state index contributed by atoms with van der Waals surface area (Å²) in [6, 6.07) is 8.17. The van der Waals surface area contributed by atoms with Gasteiger partial charge >= 0.3 is 0 Å². The maximum absolute atomic E-state index is 5.50. The zero-order valence-corrected chi connectivity index (χ0v) is 13.2. The Hall–Kier alpha value is -1.81. The van der Waals surface area contributed by atoms with Gasteiger partial charge in [-0.3, -0.25) is 0 Å². The first kappa shape index (κ1) is 13.2. The van der Waals surface area contributed by atoms with Gasteiger partial charge in [0.1, 0.15) is 11.4 Å². The van der Waals surface area contributed by atoms with Crippen LogP contribution in [-0.4, -0.2) is 16.5 Å². The topological polar surface area (TPSA) is 26.5 Å². The summed E-state index contributed by atoms with van der Waals surface area (Å²) in [5, 5.41) is 0. The highest BCUT2D eigenvalue weighted by Crippen LogP contribution is 2.32. The van der Waals surface area contributed by atoms with Crippen LogP contribution in [0.1, 0.15) is 11.1 Å². The molecule has 3 nitrogen and oxygen atoms in total. The van der Waals surface area contributed by atoms with Crippen molar-refractivity contribution in [2.24, 2.45) is 0 Å². The van der Waals surface area contributed by atoms with E-state index < -0.39 is 0 Å². The van der Waals surface area contributed by atoms with Crippen LogP contribution in [0.4, 0.5) is 0 Å². The van der Waals surface area contributed by atoms with Gasteiger partial charge in [0.2, 0.25) is 0 Å². The number of methoxy groups -OCH3 is 1. The molecule has 0 aliphatic heterocycles. The Bertz CT molecular complexity index is 793. The third-order valence-corrected chi connectivity index (χ3v) is 3.98. The minimum Gasteiger partial charge on any atom is -0.496 e. The molecule has 4 heteroatoms. The minimum atomic E-state index is 0.857. The van der Waals surface area contributed by atoms with E-state index in [9.17, 15) is 0 Å². The molecule has 0 saturated heterocycles. The predicted molar refractivity (Wildman–Crippen MR) is 84.4 cm³/mol. The zero-order chi connectivity index (χ0) is 14.3. The largest absolute Gasteiger partial charge is 0.496 e. The second kappa shape index (κ2) is 4.94. The zero-order valence-electron chi connectivity index (χ0n) is 11.6. The van der Waals surface area contributed by atoms with Crippen LogP contribution in [0.25, 0.3) is 16.9 Å². The monoisotopic (exact) mass is 330 g/mol. The maximum atomic E-state index is 5.50. The molecule has 0 aliphatic carbocycles. The van der Waals surface area contributed by atoms with Gasteiger partial charge in [-0.25, -0.2) is 4.98 Å². The molecular formula is C16H15BrN2O. The minimum absolute atomic E-state index is 0.857. The number of aromatic nitrogens is 2. The molecule has 2 aromatic heterocycles. The van der Waals surface area contributed by atoms with Crippen LogP contribution in [0.3, 0.4) is 0 Å². The lowest BCUT2D eigenvalue weighted by Gasteiger charge is -2.09. The molecule has 0 bridgehead atoms. The molecule has 3 rings (SSSR count). The van der Waals surface area contributed by atoms with Gasteiger partial charge in [-0.2, -0.15) is 0 Å². The van der Waals surface area contributed by atoms with E-state index in [1.807, 2.05) is 28.9 Å². The second-order valence-corrected chi connectivity index (χ2v) is 5.79. The van der Waals surface area contributed by atoms with Crippen molar-refractivity contribution in [3.63, 3.8) is 0 Å². The number of hydrogen-bond donors (Lipinski definition) is 0. The second-order valence-electron chi connectivity index (χ2n) is 4.88. The summed E-state index contributed by atoms with van der Waals surface area (Å²) in [5.41, 5.74) is 5.32. The van der Waals surface area contributed by atoms with E-state index in [2.05, 4.69) is 46.9 Å². The van der Waals surface area contributed by atoms with Crippen molar-refractivity contribution in [1.29, 1.82) is 0 Å². The molecule has 0 N–H and O–H groups in total. The molecule has 2 heterocycles. The van der Waals surface area contributed by atoms with E-state index >= 15 is 0 Å². The molecule has 1 aromatic carbocycles. The first-order valence-corrected chi connectivity index (χ1v) is 7.17. The standard InChI is InChI=1S/C16H15BrN2O/c1-10-6-13(15(20-3)7-11(10)2)14-9-19-8-12(17)4-5-16(19)18-14/h4-9H,1-3H3. The van der Waals surface area contributed by atoms with Gasteiger partial charge in [-0.1, -0.05) is 0 Å². The van der Waals surface area contributed by atoms with E-state index in [4.69, 9.17) is 4.74 Å². The van der Waals surface area contributed by atoms with Crippen molar-refractivity contribution < 1.29 is 4.74 Å². The molecule has 20 heavy (non-hydrogen) atoms. The number of rotatable bonds is 2. The van der Waals surface area contributed by atoms with E-state index in [0.717, 1.165) is 27.1 Å². The number of benzene rings is 1. The van der Waals surface area contributed by atoms with Gasteiger partial charge in [-0.05, 0) is 65.2 Å². The summed E-state index contributed by atoms with van der Waals surface area (Å²) < 4.78 is 8.53. The van der Waals surface area contributed by atoms with Crippen molar-refractivity contribution in [3.8, 4) is 17.0 Å². The van der Waals surface area contributed by atoms with Crippen LogP contribution in [-0.2, 0) is 0 Å². The number of nitrogens with zero attached hydrogens (tertiary/aromatic N) is 2. The summed E-state index contributed by atoms with van der Waals surface area (Å²) in [7, 11) is 1.69. The molecule has 102 valence electrons. The van der Waals surface area contributed by atoms with E-state index in [0.29, 0.717) is 0 Å². The van der Waals surface area contributed by atoms with Gasteiger partial charge in [0.15, 0.2) is 0 Å². The Morgan fingerprint density at radius 1 is 1.10 bits per heavy atom. The van der Waals surface area contributed by atoms with Gasteiger partial charge < -0.3 is 9.14 Å². The van der Waals surface area contributed by atoms with E-state index in [1.165, 1.54) is 11.1 Å². The highest BCUT2D eigenvalue weighted by atomic mass is 79.9. The third-order valence-electron chi connectivity index (χ3n) is 3.51. The normalized spacial score (nSPS) is 11.0. The van der Waals surface area contributed by atoms with Gasteiger partial charge in [-0.15, -0.1) is 0 Å². The van der Waals surface area contributed by atoms with E-state index in [1.54, 1.807) is 7.11 Å². The average molecular weight is 331 g/mol. The number of halogens is 1. The van der Waals surface area contributed by atoms with Gasteiger partial charge in [0, 0.05) is 22.4 Å². The highest BCUT2D eigenvalue weighted by Gasteiger charge is 2.12. The number of pyridine rings is 1. The highest BCUT2D eigenvalue weighted by molar-refractivity contribution is 9.10. The van der Waals surface area contributed by atoms with Crippen LogP contribution in [0.2, 0.25) is 0 Å². The van der Waals surface area contributed by atoms with Crippen LogP contribution >= 0.6 is 15.9 Å². The lowest BCUT2D eigenvalue weighted by molar-refractivity contribution is 0.416. The lowest BCUT2D eigenvalue weighted by Crippen LogP contribution is -1.91. The van der Waals surface area contributed by atoms with Gasteiger partial charge in [0.05, 0.1) is 12.8 Å². The summed E-state index contributed by atoms with van der Waals surface area (Å²) in [6.07, 6.45) is 4.02. The molecule has 0 spiro atoms. The number of ether oxygens (including phenoxy) is 1. The quantitative estimate of drug-likeness (QED) is 0.696. The fourth-order valence-corrected chi connectivity index (χ4v) is 2.61. The molecule has 0 unspecified atom stereocenters. The third kappa shape index (κ3) is 2.20. The molecule has 3 aromatic rings. The number of hydrogen-bond acceptors (Lipinski definition) is 2. The van der Waals surface area contributed by atoms with Crippen LogP contribution in [0, 0.1) is 13.8 Å². The smallest absolute Gasteiger partial charge is 0.137 e. The lowest BCUT2D eigenvalue weighted by atomic mass is 10.0. The Morgan fingerprint density at radius 3 is 2.60 bits per heavy atom. The van der Waals surface area contributed by atoms with Crippen LogP contribution < -0.4 is 4.74 Å². The maximum Gasteiger partial charge on any atom is 0.137 e. The Balaban J connectivity index is 2.22. The van der Waals surface area contributed by atoms with Crippen molar-refractivity contribution in [2.75, 3.05) is 7.11 Å². The van der Waals surface area contributed by atoms with E-state index in [-0.39, 0.29) is 0 Å². The molecule has 0 atom stereocenters. The average Bonchev–Trinajstić information content (AvgIpc) is 2.84. The SMILES string of the molecule is COc1cc(C)c(C)cc1-c1cn2cc(Br)ccc2n1. The molecular weight excluding hydrogens is 316 g/mol. The molecule has 0 fully saturated rings. The number of aryl methyl sites for hydroxylation is 2. The fraction of sp³-hybridized carbons (Fsp3) is 0.188. The Morgan fingerprint density at radius 2 is 1.85 bits per heavy atom. The van der Waals surface area contributed by atoms with Crippen LogP contribution in [0.15, 0.2) is 41.1 Å². The van der Waals surface area contributed by atoms with Gasteiger partial charge in [0.25, 0.3) is 0 Å². The molecule has 0 radical (unpaired) electrons. The van der Waals surface area contributed by atoms with Crippen LogP contribution in [0.5, 0.6) is 5.75 Å². The first-order valence-electron chi connectivity index (χ1n) is 6.38. The number of imidazole rings is 1. The molecule has 0 amide bonds. The molecule has 0 aliphatic rings. The van der Waals surface area contributed by atoms with Crippen molar-refractivity contribution in [3.05, 3.63) is 52.3 Å². The first-order chi connectivity index (χ1) is 9.58. The Kier molecular flexibility index (Phi) is 3.26. The summed E-state index contributed by atoms with van der Waals surface area (Å²) >= 11 is 3.47. The summed E-state index contributed by atoms with van der Waals surface area (Å²) in [6.45, 7) is 4.19. The predicted octanol–water partition coefficient (Wildman–Crippen LogP) is 4.39. The molecule has 0 saturated carbocycles. The van der Waals surface area contributed by atoms with Crippen molar-refractivity contribution in [1.82, 2.24) is 9.38 Å². The Labute approximate surface area is 126 Å². The van der Waals surface area contributed by atoms with Crippen molar-refractivity contribution >= 4 is 21.6 Å². The number of fused-ring (bicyclic) bond motifs is 1. The summed E-state index contributed by atoms with van der Waals surface area (Å²) in [5.74, 6) is 0.857. The summed E-state index contributed by atoms with van der Waals surface area (Å²) in [4.78, 5) is 4.67. The fourth-order valence-electron chi connectivity index (χ4n) is 2.25. The van der Waals surface area contributed by atoms with Crippen molar-refractivity contribution in [2.45, 2.75) is 13.8 Å².